The number of hydrogen-bond acceptors (Lipinski definition) is 15. The number of imide groups is 3. The van der Waals surface area contributed by atoms with E-state index in [0.717, 1.165) is 24.5 Å². The first-order chi connectivity index (χ1) is 39.9. The maximum absolute atomic E-state index is 15.5. The summed E-state index contributed by atoms with van der Waals surface area (Å²) in [4.78, 5) is 174. The first-order valence-corrected chi connectivity index (χ1v) is 27.6. The molecule has 0 unspecified atom stereocenters. The van der Waals surface area contributed by atoms with Gasteiger partial charge in [-0.05, 0) is 16.7 Å². The number of hydrogen-bond donors (Lipinski definition) is 3. The highest BCUT2D eigenvalue weighted by atomic mass is 16.5. The molecule has 7 heterocycles. The summed E-state index contributed by atoms with van der Waals surface area (Å²) in [5, 5.41) is 8.47. The Hall–Kier alpha value is -8.33. The number of nitrogens with one attached hydrogen (secondary N) is 3. The average Bonchev–Trinajstić information content (AvgIpc) is 3.68. The number of methoxy groups -OCH3 is 3. The Bertz CT molecular complexity index is 3050. The molecule has 83 heavy (non-hydrogen) atoms. The van der Waals surface area contributed by atoms with E-state index in [-0.39, 0.29) is 91.6 Å². The van der Waals surface area contributed by atoms with E-state index in [9.17, 15) is 28.8 Å². The van der Waals surface area contributed by atoms with Crippen LogP contribution in [0.4, 0.5) is 14.4 Å². The predicted octanol–water partition coefficient (Wildman–Crippen LogP) is -0.827. The van der Waals surface area contributed by atoms with Gasteiger partial charge in [0.05, 0.1) is 71.7 Å². The highest BCUT2D eigenvalue weighted by Crippen LogP contribution is 2.39. The third-order valence-electron chi connectivity index (χ3n) is 16.9. The summed E-state index contributed by atoms with van der Waals surface area (Å²) in [5.41, 5.74) is -3.37. The quantitative estimate of drug-likeness (QED) is 0.157. The van der Waals surface area contributed by atoms with Gasteiger partial charge in [0.25, 0.3) is 17.7 Å². The lowest BCUT2D eigenvalue weighted by atomic mass is 9.95. The second kappa shape index (κ2) is 23.9. The van der Waals surface area contributed by atoms with Crippen LogP contribution in [0.3, 0.4) is 0 Å². The minimum atomic E-state index is -1.85. The molecule has 6 atom stereocenters. The van der Waals surface area contributed by atoms with Crippen LogP contribution >= 0.6 is 0 Å². The second-order valence-electron chi connectivity index (χ2n) is 22.2. The molecule has 0 aromatic heterocycles. The lowest BCUT2D eigenvalue weighted by Crippen LogP contribution is -2.57. The third-order valence-corrected chi connectivity index (χ3v) is 16.9. The SMILES string of the molecule is COCCN1CC(=O)N2C[C@]3(C[C@H]2C(=O)N(CCOC)CC(=O)N2C[C@]4(C[C@H]2C(=O)N(CCOC)CCN2C[C@]5(C[C@H]2C1=O)NC(=O)N(Cc1ccccc1)C5=O)NC(=O)N(Cc1ccccc1)C4=O)NC(=O)N(Cc1ccccc1)C3=O. The van der Waals surface area contributed by atoms with Crippen molar-refractivity contribution in [1.29, 1.82) is 0 Å². The minimum absolute atomic E-state index is 0.00802. The van der Waals surface area contributed by atoms with Crippen LogP contribution in [0.1, 0.15) is 36.0 Å². The summed E-state index contributed by atoms with van der Waals surface area (Å²) in [6.45, 7) is -3.93. The fourth-order valence-corrected chi connectivity index (χ4v) is 12.6. The zero-order valence-corrected chi connectivity index (χ0v) is 46.6. The van der Waals surface area contributed by atoms with Crippen molar-refractivity contribution in [3.05, 3.63) is 108 Å². The van der Waals surface area contributed by atoms with E-state index in [0.29, 0.717) is 16.7 Å². The van der Waals surface area contributed by atoms with Gasteiger partial charge < -0.3 is 54.7 Å². The Labute approximate surface area is 478 Å². The lowest BCUT2D eigenvalue weighted by Gasteiger charge is -2.36. The Morgan fingerprint density at radius 3 is 1.12 bits per heavy atom. The highest BCUT2D eigenvalue weighted by molar-refractivity contribution is 6.11. The van der Waals surface area contributed by atoms with Crippen molar-refractivity contribution in [3.8, 4) is 0 Å². The molecule has 440 valence electrons. The molecule has 7 aliphatic heterocycles. The summed E-state index contributed by atoms with van der Waals surface area (Å²) < 4.78 is 16.3. The van der Waals surface area contributed by atoms with E-state index in [1.54, 1.807) is 95.9 Å². The van der Waals surface area contributed by atoms with Crippen LogP contribution in [0.2, 0.25) is 0 Å². The van der Waals surface area contributed by atoms with E-state index in [2.05, 4.69) is 16.0 Å². The van der Waals surface area contributed by atoms with Gasteiger partial charge in [-0.15, -0.1) is 0 Å². The van der Waals surface area contributed by atoms with Gasteiger partial charge in [-0.25, -0.2) is 14.4 Å². The first-order valence-electron chi connectivity index (χ1n) is 27.6. The molecule has 0 radical (unpaired) electrons. The van der Waals surface area contributed by atoms with Gasteiger partial charge in [-0.1, -0.05) is 91.0 Å². The Balaban J connectivity index is 1.05. The van der Waals surface area contributed by atoms with Gasteiger partial charge in [0.15, 0.2) is 0 Å². The van der Waals surface area contributed by atoms with Gasteiger partial charge in [0.1, 0.15) is 28.7 Å². The molecule has 0 saturated carbocycles. The number of carbonyl (C=O) groups excluding carboxylic acids is 11. The van der Waals surface area contributed by atoms with E-state index in [1.165, 1.54) is 36.0 Å². The van der Waals surface area contributed by atoms with Crippen LogP contribution in [0.5, 0.6) is 0 Å². The summed E-state index contributed by atoms with van der Waals surface area (Å²) in [6.07, 6.45) is -1.09. The lowest BCUT2D eigenvalue weighted by molar-refractivity contribution is -0.151. The van der Waals surface area contributed by atoms with Gasteiger partial charge in [-0.2, -0.15) is 0 Å². The smallest absolute Gasteiger partial charge is 0.325 e. The van der Waals surface area contributed by atoms with Gasteiger partial charge in [0.2, 0.25) is 29.5 Å². The molecule has 10 rings (SSSR count). The van der Waals surface area contributed by atoms with Crippen LogP contribution in [0.15, 0.2) is 91.0 Å². The Kier molecular flexibility index (Phi) is 16.6. The molecule has 14 amide bonds. The van der Waals surface area contributed by atoms with Crippen molar-refractivity contribution in [3.63, 3.8) is 0 Å². The zero-order valence-electron chi connectivity index (χ0n) is 46.6. The summed E-state index contributed by atoms with van der Waals surface area (Å²) >= 11 is 0. The van der Waals surface area contributed by atoms with E-state index >= 15 is 24.0 Å². The maximum Gasteiger partial charge on any atom is 0.325 e. The summed E-state index contributed by atoms with van der Waals surface area (Å²) in [7, 11) is 4.21. The molecule has 7 saturated heterocycles. The number of rotatable bonds is 15. The molecule has 26 nitrogen and oxygen atoms in total. The average molecular weight is 1150 g/mol. The number of nitrogens with zero attached hydrogens (tertiary/aromatic N) is 9. The number of fused-ring (bicyclic) bond motifs is 3. The second-order valence-corrected chi connectivity index (χ2v) is 22.2. The van der Waals surface area contributed by atoms with Gasteiger partial charge in [0, 0.05) is 79.9 Å². The maximum atomic E-state index is 15.5. The molecular weight excluding hydrogens is 1080 g/mol. The van der Waals surface area contributed by atoms with Crippen LogP contribution in [0.25, 0.3) is 0 Å². The molecular formula is C57H68N12O14. The van der Waals surface area contributed by atoms with E-state index in [1.807, 2.05) is 0 Å². The largest absolute Gasteiger partial charge is 0.383 e. The summed E-state index contributed by atoms with van der Waals surface area (Å²) in [5.74, 6) is -5.76. The normalized spacial score (nSPS) is 27.4. The van der Waals surface area contributed by atoms with Crippen molar-refractivity contribution in [2.24, 2.45) is 0 Å². The Morgan fingerprint density at radius 1 is 0.422 bits per heavy atom. The molecule has 0 bridgehead atoms. The number of amides is 14. The molecule has 3 N–H and O–H groups in total. The van der Waals surface area contributed by atoms with Crippen molar-refractivity contribution >= 4 is 65.4 Å². The third kappa shape index (κ3) is 11.2. The zero-order chi connectivity index (χ0) is 58.8. The van der Waals surface area contributed by atoms with Crippen molar-refractivity contribution < 1.29 is 67.0 Å². The van der Waals surface area contributed by atoms with Crippen molar-refractivity contribution in [2.75, 3.05) is 107 Å². The fraction of sp³-hybridized carbons (Fsp3) is 0.491. The minimum Gasteiger partial charge on any atom is -0.383 e. The molecule has 3 aromatic rings. The number of benzene rings is 3. The number of ether oxygens (including phenoxy) is 3. The van der Waals surface area contributed by atoms with Crippen LogP contribution in [-0.2, 0) is 72.2 Å². The van der Waals surface area contributed by atoms with E-state index < -0.39 is 133 Å². The molecule has 7 aliphatic rings. The van der Waals surface area contributed by atoms with Crippen molar-refractivity contribution in [2.45, 2.75) is 73.6 Å². The molecule has 3 spiro atoms. The summed E-state index contributed by atoms with van der Waals surface area (Å²) in [6, 6.07) is 20.0. The highest BCUT2D eigenvalue weighted by Gasteiger charge is 2.64. The molecule has 3 aromatic carbocycles. The first kappa shape index (κ1) is 57.9. The van der Waals surface area contributed by atoms with Crippen LogP contribution in [0, 0.1) is 0 Å². The number of carbonyl (C=O) groups is 11. The van der Waals surface area contributed by atoms with Crippen molar-refractivity contribution in [1.82, 2.24) is 60.0 Å². The van der Waals surface area contributed by atoms with Crippen LogP contribution in [-0.4, -0.2) is 251 Å². The molecule has 0 aliphatic carbocycles. The monoisotopic (exact) mass is 1140 g/mol. The van der Waals surface area contributed by atoms with E-state index in [4.69, 9.17) is 14.2 Å². The van der Waals surface area contributed by atoms with Crippen LogP contribution < -0.4 is 16.0 Å². The van der Waals surface area contributed by atoms with Gasteiger partial charge >= 0.3 is 18.1 Å². The topological polar surface area (TPSA) is 281 Å². The predicted molar refractivity (Wildman–Crippen MR) is 290 cm³/mol. The molecule has 26 heteroatoms. The standard InChI is InChI=1S/C57H68N12O14/c1-81-24-21-61-19-20-64-35-55(49(75)65(52(78)58-55)30-38-13-7-4-8-14-38)27-41(64)46(72)62(22-25-82-2)33-44(70)69-37-57(51(77)67(54(80)60-57)32-40-17-11-6-12-18-40)29-43(69)48(74)63(23-26-83-3)34-45(71)68-36-56(28-42(68)47(61)73)50(76)66(53(79)59-56)31-39-15-9-5-10-16-39/h4-18,41-43H,19-37H2,1-3H3,(H,58,78)(H,59,79)(H,60,80)/t41-,42-,43-,55-,56-,57-/m0/s1. The Morgan fingerprint density at radius 2 is 0.747 bits per heavy atom. The van der Waals surface area contributed by atoms with Gasteiger partial charge in [-0.3, -0.25) is 58.0 Å². The fourth-order valence-electron chi connectivity index (χ4n) is 12.6. The number of urea groups is 3. The molecule has 7 fully saturated rings.